The third-order valence-corrected chi connectivity index (χ3v) is 4.48. The summed E-state index contributed by atoms with van der Waals surface area (Å²) in [5.74, 6) is 0.409. The van der Waals surface area contributed by atoms with Crippen LogP contribution >= 0.6 is 11.6 Å². The number of halogens is 2. The molecule has 0 N–H and O–H groups in total. The number of rotatable bonds is 4. The molecule has 0 bridgehead atoms. The standard InChI is InChI=1S/C17H12ClFN8O/c1-25-16-11(7-21-25)17-22-15(24-27(17)8-20-16)14-4-5-26(23-14)9-28-10-2-3-13(19)12(18)6-10/h2-8H,9H2,1H3. The first kappa shape index (κ1) is 16.6. The van der Waals surface area contributed by atoms with E-state index in [0.29, 0.717) is 22.9 Å². The van der Waals surface area contributed by atoms with Crippen molar-refractivity contribution in [1.29, 1.82) is 0 Å². The average Bonchev–Trinajstić information content (AvgIpc) is 3.40. The number of benzene rings is 1. The number of hydrogen-bond donors (Lipinski definition) is 0. The van der Waals surface area contributed by atoms with E-state index in [0.717, 1.165) is 11.0 Å². The van der Waals surface area contributed by atoms with Crippen molar-refractivity contribution in [2.45, 2.75) is 6.73 Å². The van der Waals surface area contributed by atoms with Crippen LogP contribution in [0.1, 0.15) is 0 Å². The van der Waals surface area contributed by atoms with Crippen molar-refractivity contribution < 1.29 is 9.13 Å². The zero-order valence-corrected chi connectivity index (χ0v) is 15.2. The molecule has 28 heavy (non-hydrogen) atoms. The van der Waals surface area contributed by atoms with E-state index in [2.05, 4.69) is 25.3 Å². The Hall–Kier alpha value is -3.53. The molecule has 140 valence electrons. The lowest BCUT2D eigenvalue weighted by atomic mass is 10.3. The van der Waals surface area contributed by atoms with Gasteiger partial charge in [0, 0.05) is 19.3 Å². The molecule has 0 aliphatic heterocycles. The quantitative estimate of drug-likeness (QED) is 0.462. The van der Waals surface area contributed by atoms with Crippen LogP contribution in [0.15, 0.2) is 43.0 Å². The SMILES string of the molecule is Cn1ncc2c1ncn1nc(-c3ccn(COc4ccc(F)c(Cl)c4)n3)nc21. The number of hydrogen-bond acceptors (Lipinski definition) is 6. The van der Waals surface area contributed by atoms with Crippen molar-refractivity contribution in [3.05, 3.63) is 53.8 Å². The molecule has 4 aromatic heterocycles. The lowest BCUT2D eigenvalue weighted by Gasteiger charge is -2.06. The predicted molar refractivity (Wildman–Crippen MR) is 98.3 cm³/mol. The van der Waals surface area contributed by atoms with Gasteiger partial charge in [0.2, 0.25) is 5.82 Å². The summed E-state index contributed by atoms with van der Waals surface area (Å²) in [5, 5.41) is 13.9. The number of fused-ring (bicyclic) bond motifs is 3. The Balaban J connectivity index is 1.41. The first-order valence-corrected chi connectivity index (χ1v) is 8.61. The average molecular weight is 399 g/mol. The van der Waals surface area contributed by atoms with Crippen molar-refractivity contribution in [1.82, 2.24) is 39.1 Å². The van der Waals surface area contributed by atoms with Gasteiger partial charge in [-0.2, -0.15) is 10.2 Å². The molecule has 1 aromatic carbocycles. The highest BCUT2D eigenvalue weighted by atomic mass is 35.5. The second kappa shape index (κ2) is 6.27. The van der Waals surface area contributed by atoms with Crippen LogP contribution in [0.2, 0.25) is 5.02 Å². The fourth-order valence-corrected chi connectivity index (χ4v) is 2.98. The van der Waals surface area contributed by atoms with Crippen molar-refractivity contribution in [3.8, 4) is 17.3 Å². The van der Waals surface area contributed by atoms with E-state index >= 15 is 0 Å². The highest BCUT2D eigenvalue weighted by molar-refractivity contribution is 6.30. The molecule has 5 aromatic rings. The summed E-state index contributed by atoms with van der Waals surface area (Å²) in [4.78, 5) is 8.90. The summed E-state index contributed by atoms with van der Waals surface area (Å²) in [6.45, 7) is 0.129. The Morgan fingerprint density at radius 1 is 1.18 bits per heavy atom. The van der Waals surface area contributed by atoms with Crippen LogP contribution in [0.25, 0.3) is 28.2 Å². The van der Waals surface area contributed by atoms with Gasteiger partial charge in [-0.25, -0.2) is 23.6 Å². The molecule has 0 amide bonds. The van der Waals surface area contributed by atoms with Crippen molar-refractivity contribution in [2.75, 3.05) is 0 Å². The van der Waals surface area contributed by atoms with Crippen LogP contribution in [0, 0.1) is 5.82 Å². The number of aromatic nitrogens is 8. The largest absolute Gasteiger partial charge is 0.471 e. The van der Waals surface area contributed by atoms with E-state index in [1.165, 1.54) is 18.2 Å². The molecule has 0 aliphatic rings. The third-order valence-electron chi connectivity index (χ3n) is 4.19. The molecule has 4 heterocycles. The van der Waals surface area contributed by atoms with E-state index < -0.39 is 5.82 Å². The third kappa shape index (κ3) is 2.74. The fourth-order valence-electron chi connectivity index (χ4n) is 2.81. The second-order valence-electron chi connectivity index (χ2n) is 6.04. The molecule has 0 aliphatic carbocycles. The maximum absolute atomic E-state index is 13.2. The Labute approximate surface area is 161 Å². The van der Waals surface area contributed by atoms with Crippen molar-refractivity contribution >= 4 is 28.3 Å². The van der Waals surface area contributed by atoms with Gasteiger partial charge in [0.1, 0.15) is 23.6 Å². The van der Waals surface area contributed by atoms with Crippen molar-refractivity contribution in [2.24, 2.45) is 7.05 Å². The minimum absolute atomic E-state index is 0.00267. The van der Waals surface area contributed by atoms with Crippen molar-refractivity contribution in [3.63, 3.8) is 0 Å². The second-order valence-corrected chi connectivity index (χ2v) is 6.45. The van der Waals surface area contributed by atoms with Gasteiger partial charge in [-0.15, -0.1) is 5.10 Å². The number of aryl methyl sites for hydroxylation is 1. The Morgan fingerprint density at radius 3 is 2.93 bits per heavy atom. The fraction of sp³-hybridized carbons (Fsp3) is 0.118. The predicted octanol–water partition coefficient (Wildman–Crippen LogP) is 2.70. The van der Waals surface area contributed by atoms with E-state index in [4.69, 9.17) is 16.3 Å². The van der Waals surface area contributed by atoms with Crippen LogP contribution in [-0.2, 0) is 13.8 Å². The molecule has 0 fully saturated rings. The smallest absolute Gasteiger partial charge is 0.202 e. The summed E-state index contributed by atoms with van der Waals surface area (Å²) < 4.78 is 23.6. The lowest BCUT2D eigenvalue weighted by molar-refractivity contribution is 0.221. The molecule has 0 atom stereocenters. The molecule has 0 saturated carbocycles. The van der Waals surface area contributed by atoms with E-state index in [9.17, 15) is 4.39 Å². The minimum Gasteiger partial charge on any atom is -0.471 e. The normalized spacial score (nSPS) is 11.5. The maximum Gasteiger partial charge on any atom is 0.202 e. The Kier molecular flexibility index (Phi) is 3.72. The van der Waals surface area contributed by atoms with Crippen LogP contribution in [-0.4, -0.2) is 39.1 Å². The van der Waals surface area contributed by atoms with E-state index in [1.807, 2.05) is 7.05 Å². The molecule has 0 unspecified atom stereocenters. The molecule has 5 rings (SSSR count). The van der Waals surface area contributed by atoms with Gasteiger partial charge in [0.25, 0.3) is 0 Å². The van der Waals surface area contributed by atoms with Crippen LogP contribution in [0.5, 0.6) is 5.75 Å². The summed E-state index contributed by atoms with van der Waals surface area (Å²) in [6.07, 6.45) is 5.04. The molecule has 0 spiro atoms. The highest BCUT2D eigenvalue weighted by Crippen LogP contribution is 2.22. The van der Waals surface area contributed by atoms with Gasteiger partial charge < -0.3 is 4.74 Å². The van der Waals surface area contributed by atoms with E-state index in [1.54, 1.807) is 38.7 Å². The van der Waals surface area contributed by atoms with Gasteiger partial charge in [-0.3, -0.25) is 4.68 Å². The molecule has 0 radical (unpaired) electrons. The van der Waals surface area contributed by atoms with Gasteiger partial charge in [0.05, 0.1) is 16.6 Å². The minimum atomic E-state index is -0.495. The zero-order valence-electron chi connectivity index (χ0n) is 14.5. The molecule has 11 heteroatoms. The molecule has 9 nitrogen and oxygen atoms in total. The number of nitrogens with zero attached hydrogens (tertiary/aromatic N) is 8. The zero-order chi connectivity index (χ0) is 19.3. The summed E-state index contributed by atoms with van der Waals surface area (Å²) in [6, 6.07) is 5.95. The first-order chi connectivity index (χ1) is 13.6. The Morgan fingerprint density at radius 2 is 2.07 bits per heavy atom. The molecule has 0 saturated heterocycles. The van der Waals surface area contributed by atoms with Gasteiger partial charge in [-0.1, -0.05) is 11.6 Å². The monoisotopic (exact) mass is 398 g/mol. The summed E-state index contributed by atoms with van der Waals surface area (Å²) in [5.41, 5.74) is 1.96. The maximum atomic E-state index is 13.2. The molecular weight excluding hydrogens is 387 g/mol. The van der Waals surface area contributed by atoms with Gasteiger partial charge >= 0.3 is 0 Å². The van der Waals surface area contributed by atoms with E-state index in [-0.39, 0.29) is 11.8 Å². The van der Waals surface area contributed by atoms with Crippen LogP contribution in [0.4, 0.5) is 4.39 Å². The number of ether oxygens (including phenoxy) is 1. The highest BCUT2D eigenvalue weighted by Gasteiger charge is 2.14. The summed E-state index contributed by atoms with van der Waals surface area (Å²) in [7, 11) is 1.82. The topological polar surface area (TPSA) is 88.0 Å². The van der Waals surface area contributed by atoms with Crippen LogP contribution < -0.4 is 4.74 Å². The Bertz CT molecular complexity index is 1320. The van der Waals surface area contributed by atoms with Gasteiger partial charge in [-0.05, 0) is 18.2 Å². The first-order valence-electron chi connectivity index (χ1n) is 8.23. The van der Waals surface area contributed by atoms with Crippen LogP contribution in [0.3, 0.4) is 0 Å². The van der Waals surface area contributed by atoms with Gasteiger partial charge in [0.15, 0.2) is 18.0 Å². The summed E-state index contributed by atoms with van der Waals surface area (Å²) >= 11 is 5.75. The molecular formula is C17H12ClFN8O. The lowest BCUT2D eigenvalue weighted by Crippen LogP contribution is -2.06.